The smallest absolute Gasteiger partial charge is 0.416 e. The predicted molar refractivity (Wildman–Crippen MR) is 120 cm³/mol. The summed E-state index contributed by atoms with van der Waals surface area (Å²) in [5.74, 6) is 0.321. The van der Waals surface area contributed by atoms with E-state index in [0.717, 1.165) is 10.5 Å². The highest BCUT2D eigenvalue weighted by molar-refractivity contribution is 5.92. The highest BCUT2D eigenvalue weighted by Crippen LogP contribution is 2.11. The minimum atomic E-state index is -0.548. The van der Waals surface area contributed by atoms with Gasteiger partial charge in [-0.2, -0.15) is 0 Å². The lowest BCUT2D eigenvalue weighted by atomic mass is 10.1. The number of carbonyl (C=O) groups excluding carboxylic acids is 2. The van der Waals surface area contributed by atoms with Crippen LogP contribution in [0.5, 0.6) is 5.88 Å². The first-order valence-corrected chi connectivity index (χ1v) is 10.1. The summed E-state index contributed by atoms with van der Waals surface area (Å²) in [6, 6.07) is 25.9. The van der Waals surface area contributed by atoms with Crippen LogP contribution in [0.4, 0.5) is 4.79 Å². The molecule has 162 valence electrons. The lowest BCUT2D eigenvalue weighted by molar-refractivity contribution is -0.127. The number of amides is 2. The monoisotopic (exact) mass is 420 g/mol. The molecule has 1 fully saturated rings. The van der Waals surface area contributed by atoms with Crippen LogP contribution in [0.3, 0.4) is 0 Å². The van der Waals surface area contributed by atoms with Gasteiger partial charge in [-0.15, -0.1) is 0 Å². The largest absolute Gasteiger partial charge is 0.481 e. The predicted octanol–water partition coefficient (Wildman–Crippen LogP) is 4.68. The summed E-state index contributed by atoms with van der Waals surface area (Å²) in [5, 5.41) is 0. The van der Waals surface area contributed by atoms with Crippen molar-refractivity contribution in [3.05, 3.63) is 96.2 Å². The highest BCUT2D eigenvalue weighted by atomic mass is 16.6. The SMILES string of the molecule is COc1ccc(CCC(=O)N2CCOC2=O)cn1.Cc1ccccc1.c1ccccc1. The second-order valence-electron chi connectivity index (χ2n) is 6.68. The van der Waals surface area contributed by atoms with Crippen LogP contribution in [0.15, 0.2) is 85.1 Å². The van der Waals surface area contributed by atoms with E-state index in [1.165, 1.54) is 5.56 Å². The summed E-state index contributed by atoms with van der Waals surface area (Å²) in [6.45, 7) is 2.72. The van der Waals surface area contributed by atoms with E-state index in [9.17, 15) is 9.59 Å². The van der Waals surface area contributed by atoms with Gasteiger partial charge in [0.2, 0.25) is 11.8 Å². The number of nitrogens with zero attached hydrogens (tertiary/aromatic N) is 2. The molecule has 6 nitrogen and oxygen atoms in total. The van der Waals surface area contributed by atoms with Gasteiger partial charge in [-0.3, -0.25) is 4.79 Å². The third kappa shape index (κ3) is 9.12. The Bertz CT molecular complexity index is 873. The molecular formula is C25H28N2O4. The van der Waals surface area contributed by atoms with Crippen molar-refractivity contribution in [1.82, 2.24) is 9.88 Å². The van der Waals surface area contributed by atoms with Crippen LogP contribution in [0.1, 0.15) is 17.5 Å². The topological polar surface area (TPSA) is 68.7 Å². The van der Waals surface area contributed by atoms with Crippen molar-refractivity contribution in [2.75, 3.05) is 20.3 Å². The standard InChI is InChI=1S/C12H14N2O4.C7H8.C6H6/c1-17-10-4-2-9(8-13-10)3-5-11(15)14-6-7-18-12(14)16;1-7-5-3-2-4-6-7;1-2-4-6-5-3-1/h2,4,8H,3,5-7H2,1H3;2-6H,1H3;1-6H. The van der Waals surface area contributed by atoms with Gasteiger partial charge in [0.1, 0.15) is 6.61 Å². The van der Waals surface area contributed by atoms with E-state index >= 15 is 0 Å². The molecule has 2 amide bonds. The zero-order valence-electron chi connectivity index (χ0n) is 17.9. The van der Waals surface area contributed by atoms with Crippen molar-refractivity contribution in [2.45, 2.75) is 19.8 Å². The number of hydrogen-bond acceptors (Lipinski definition) is 5. The molecule has 1 aromatic heterocycles. The lowest BCUT2D eigenvalue weighted by Gasteiger charge is -2.10. The Balaban J connectivity index is 0.000000213. The summed E-state index contributed by atoms with van der Waals surface area (Å²) in [6.07, 6.45) is 1.92. The van der Waals surface area contributed by atoms with Gasteiger partial charge in [-0.25, -0.2) is 14.7 Å². The first-order valence-electron chi connectivity index (χ1n) is 10.1. The van der Waals surface area contributed by atoms with Crippen LogP contribution in [-0.2, 0) is 16.0 Å². The maximum absolute atomic E-state index is 11.7. The van der Waals surface area contributed by atoms with Gasteiger partial charge in [0.05, 0.1) is 13.7 Å². The summed E-state index contributed by atoms with van der Waals surface area (Å²) in [4.78, 5) is 28.1. The van der Waals surface area contributed by atoms with Gasteiger partial charge < -0.3 is 9.47 Å². The second kappa shape index (κ2) is 13.5. The number of rotatable bonds is 4. The van der Waals surface area contributed by atoms with Crippen molar-refractivity contribution < 1.29 is 19.1 Å². The normalized spacial score (nSPS) is 11.9. The number of pyridine rings is 1. The molecule has 0 spiro atoms. The number of cyclic esters (lactones) is 1. The molecule has 1 aliphatic heterocycles. The van der Waals surface area contributed by atoms with Crippen molar-refractivity contribution in [2.24, 2.45) is 0 Å². The number of methoxy groups -OCH3 is 1. The quantitative estimate of drug-likeness (QED) is 0.613. The molecule has 31 heavy (non-hydrogen) atoms. The molecule has 0 unspecified atom stereocenters. The fourth-order valence-electron chi connectivity index (χ4n) is 2.61. The molecule has 0 bridgehead atoms. The van der Waals surface area contributed by atoms with Crippen molar-refractivity contribution in [3.63, 3.8) is 0 Å². The number of aromatic nitrogens is 1. The fraction of sp³-hybridized carbons (Fsp3) is 0.240. The van der Waals surface area contributed by atoms with E-state index < -0.39 is 6.09 Å². The Labute approximate surface area is 183 Å². The number of aryl methyl sites for hydroxylation is 2. The second-order valence-corrected chi connectivity index (χ2v) is 6.68. The molecule has 0 radical (unpaired) electrons. The van der Waals surface area contributed by atoms with Gasteiger partial charge in [-0.1, -0.05) is 78.4 Å². The average Bonchev–Trinajstić information content (AvgIpc) is 3.26. The number of carbonyl (C=O) groups is 2. The summed E-state index contributed by atoms with van der Waals surface area (Å²) in [5.41, 5.74) is 2.25. The van der Waals surface area contributed by atoms with E-state index in [-0.39, 0.29) is 18.9 Å². The van der Waals surface area contributed by atoms with Crippen molar-refractivity contribution in [1.29, 1.82) is 0 Å². The molecule has 3 aromatic rings. The average molecular weight is 421 g/mol. The Morgan fingerprint density at radius 3 is 2.03 bits per heavy atom. The highest BCUT2D eigenvalue weighted by Gasteiger charge is 2.27. The Morgan fingerprint density at radius 2 is 1.61 bits per heavy atom. The van der Waals surface area contributed by atoms with Crippen LogP contribution in [0, 0.1) is 6.92 Å². The zero-order valence-corrected chi connectivity index (χ0v) is 17.9. The summed E-state index contributed by atoms with van der Waals surface area (Å²) in [7, 11) is 1.55. The van der Waals surface area contributed by atoms with Gasteiger partial charge in [0.15, 0.2) is 0 Å². The van der Waals surface area contributed by atoms with Crippen LogP contribution < -0.4 is 4.74 Å². The molecule has 1 aliphatic rings. The van der Waals surface area contributed by atoms with E-state index in [1.54, 1.807) is 19.4 Å². The molecule has 0 aliphatic carbocycles. The third-order valence-electron chi connectivity index (χ3n) is 4.30. The molecular weight excluding hydrogens is 392 g/mol. The molecule has 0 saturated carbocycles. The Morgan fingerprint density at radius 1 is 1.00 bits per heavy atom. The van der Waals surface area contributed by atoms with Gasteiger partial charge in [-0.05, 0) is 18.9 Å². The molecule has 0 N–H and O–H groups in total. The Kier molecular flexibility index (Phi) is 10.3. The number of benzene rings is 2. The third-order valence-corrected chi connectivity index (χ3v) is 4.30. The summed E-state index contributed by atoms with van der Waals surface area (Å²) < 4.78 is 9.65. The lowest BCUT2D eigenvalue weighted by Crippen LogP contribution is -2.31. The molecule has 4 rings (SSSR count). The Hall–Kier alpha value is -3.67. The molecule has 0 atom stereocenters. The van der Waals surface area contributed by atoms with E-state index in [4.69, 9.17) is 9.47 Å². The minimum Gasteiger partial charge on any atom is -0.481 e. The number of imide groups is 1. The van der Waals surface area contributed by atoms with E-state index in [1.807, 2.05) is 60.7 Å². The van der Waals surface area contributed by atoms with E-state index in [0.29, 0.717) is 18.8 Å². The summed E-state index contributed by atoms with van der Waals surface area (Å²) >= 11 is 0. The van der Waals surface area contributed by atoms with Gasteiger partial charge in [0.25, 0.3) is 0 Å². The molecule has 2 heterocycles. The van der Waals surface area contributed by atoms with Crippen LogP contribution >= 0.6 is 0 Å². The maximum atomic E-state index is 11.7. The zero-order chi connectivity index (χ0) is 22.3. The van der Waals surface area contributed by atoms with Crippen molar-refractivity contribution >= 4 is 12.0 Å². The number of ether oxygens (including phenoxy) is 2. The van der Waals surface area contributed by atoms with Crippen molar-refractivity contribution in [3.8, 4) is 5.88 Å². The van der Waals surface area contributed by atoms with Crippen LogP contribution in [0.2, 0.25) is 0 Å². The maximum Gasteiger partial charge on any atom is 0.416 e. The number of hydrogen-bond donors (Lipinski definition) is 0. The first-order chi connectivity index (χ1) is 15.1. The fourth-order valence-corrected chi connectivity index (χ4v) is 2.61. The first kappa shape index (κ1) is 23.6. The van der Waals surface area contributed by atoms with Gasteiger partial charge >= 0.3 is 6.09 Å². The van der Waals surface area contributed by atoms with E-state index in [2.05, 4.69) is 24.0 Å². The minimum absolute atomic E-state index is 0.215. The van der Waals surface area contributed by atoms with Crippen LogP contribution in [-0.4, -0.2) is 42.1 Å². The molecule has 6 heteroatoms. The molecule has 1 saturated heterocycles. The van der Waals surface area contributed by atoms with Crippen LogP contribution in [0.25, 0.3) is 0 Å². The van der Waals surface area contributed by atoms with Gasteiger partial charge in [0, 0.05) is 18.7 Å². The molecule has 2 aromatic carbocycles.